The molecule has 1 amide bonds. The van der Waals surface area contributed by atoms with Gasteiger partial charge in [0.1, 0.15) is 0 Å². The lowest BCUT2D eigenvalue weighted by Gasteiger charge is -2.20. The molecule has 0 aliphatic rings. The number of nitrogens with one attached hydrogen (secondary N) is 1. The highest BCUT2D eigenvalue weighted by molar-refractivity contribution is 5.81. The first-order valence-corrected chi connectivity index (χ1v) is 6.76. The third-order valence-corrected chi connectivity index (χ3v) is 2.72. The van der Waals surface area contributed by atoms with Crippen molar-refractivity contribution >= 4 is 5.91 Å². The Morgan fingerprint density at radius 1 is 1.16 bits per heavy atom. The second-order valence-corrected chi connectivity index (χ2v) is 4.25. The highest BCUT2D eigenvalue weighted by Crippen LogP contribution is 1.91. The second-order valence-electron chi connectivity index (χ2n) is 4.25. The normalized spacial score (nSPS) is 12.4. The van der Waals surface area contributed by atoms with Crippen molar-refractivity contribution < 1.29 is 19.0 Å². The number of carbonyl (C=O) groups is 1. The number of amides is 1. The molecule has 19 heavy (non-hydrogen) atoms. The Kier molecular flexibility index (Phi) is 11.9. The van der Waals surface area contributed by atoms with Gasteiger partial charge in [-0.3, -0.25) is 4.79 Å². The minimum absolute atomic E-state index is 0.102. The van der Waals surface area contributed by atoms with E-state index in [1.165, 1.54) is 0 Å². The van der Waals surface area contributed by atoms with E-state index in [0.717, 1.165) is 6.54 Å². The zero-order valence-corrected chi connectivity index (χ0v) is 12.6. The van der Waals surface area contributed by atoms with Gasteiger partial charge in [0.2, 0.25) is 5.91 Å². The molecule has 0 fully saturated rings. The maximum absolute atomic E-state index is 11.7. The molecule has 0 aromatic carbocycles. The molecule has 1 unspecified atom stereocenters. The van der Waals surface area contributed by atoms with E-state index in [1.54, 1.807) is 19.1 Å². The highest BCUT2D eigenvalue weighted by Gasteiger charge is 2.14. The van der Waals surface area contributed by atoms with E-state index in [4.69, 9.17) is 14.2 Å². The number of methoxy groups -OCH3 is 1. The van der Waals surface area contributed by atoms with Crippen LogP contribution in [0.3, 0.4) is 0 Å². The van der Waals surface area contributed by atoms with Crippen LogP contribution >= 0.6 is 0 Å². The quantitative estimate of drug-likeness (QED) is 0.513. The first-order chi connectivity index (χ1) is 9.13. The summed E-state index contributed by atoms with van der Waals surface area (Å²) in [5.74, 6) is 0.102. The Hall–Kier alpha value is -0.690. The topological polar surface area (TPSA) is 60.0 Å². The second kappa shape index (κ2) is 12.3. The van der Waals surface area contributed by atoms with Crippen molar-refractivity contribution in [2.75, 3.05) is 60.3 Å². The predicted molar refractivity (Wildman–Crippen MR) is 74.3 cm³/mol. The Balaban J connectivity index is 3.36. The molecule has 0 radical (unpaired) electrons. The monoisotopic (exact) mass is 276 g/mol. The number of ether oxygens (including phenoxy) is 3. The van der Waals surface area contributed by atoms with Crippen LogP contribution in [-0.4, -0.2) is 77.1 Å². The van der Waals surface area contributed by atoms with Gasteiger partial charge in [-0.25, -0.2) is 0 Å². The molecule has 6 heteroatoms. The Morgan fingerprint density at radius 2 is 1.74 bits per heavy atom. The molecule has 0 aromatic rings. The summed E-state index contributed by atoms with van der Waals surface area (Å²) in [7, 11) is 3.44. The molecular formula is C13H28N2O4. The summed E-state index contributed by atoms with van der Waals surface area (Å²) in [4.78, 5) is 13.4. The van der Waals surface area contributed by atoms with E-state index in [-0.39, 0.29) is 11.9 Å². The molecule has 0 bridgehead atoms. The number of hydrogen-bond donors (Lipinski definition) is 1. The SMILES string of the molecule is CCN(C)C(=O)C(C)NCCOCCOCCOC. The van der Waals surface area contributed by atoms with Gasteiger partial charge < -0.3 is 24.4 Å². The van der Waals surface area contributed by atoms with Gasteiger partial charge in [0, 0.05) is 27.2 Å². The van der Waals surface area contributed by atoms with Crippen molar-refractivity contribution in [3.8, 4) is 0 Å². The number of nitrogens with zero attached hydrogens (tertiary/aromatic N) is 1. The van der Waals surface area contributed by atoms with Gasteiger partial charge in [-0.15, -0.1) is 0 Å². The van der Waals surface area contributed by atoms with Gasteiger partial charge in [0.15, 0.2) is 0 Å². The number of rotatable bonds is 12. The van der Waals surface area contributed by atoms with E-state index in [2.05, 4.69) is 5.32 Å². The average molecular weight is 276 g/mol. The summed E-state index contributed by atoms with van der Waals surface area (Å²) in [6.07, 6.45) is 0. The maximum Gasteiger partial charge on any atom is 0.239 e. The van der Waals surface area contributed by atoms with Gasteiger partial charge >= 0.3 is 0 Å². The van der Waals surface area contributed by atoms with Crippen LogP contribution in [0.1, 0.15) is 13.8 Å². The van der Waals surface area contributed by atoms with Crippen LogP contribution < -0.4 is 5.32 Å². The van der Waals surface area contributed by atoms with Crippen LogP contribution in [0.15, 0.2) is 0 Å². The Labute approximate surface area is 116 Å². The lowest BCUT2D eigenvalue weighted by atomic mass is 10.3. The van der Waals surface area contributed by atoms with Crippen LogP contribution in [0.4, 0.5) is 0 Å². The highest BCUT2D eigenvalue weighted by atomic mass is 16.5. The van der Waals surface area contributed by atoms with Crippen molar-refractivity contribution in [1.29, 1.82) is 0 Å². The minimum atomic E-state index is -0.175. The zero-order chi connectivity index (χ0) is 14.5. The third-order valence-electron chi connectivity index (χ3n) is 2.72. The van der Waals surface area contributed by atoms with Gasteiger partial charge in [0.05, 0.1) is 39.1 Å². The van der Waals surface area contributed by atoms with Crippen LogP contribution in [0.2, 0.25) is 0 Å². The fourth-order valence-corrected chi connectivity index (χ4v) is 1.39. The molecule has 0 heterocycles. The molecule has 1 atom stereocenters. The molecular weight excluding hydrogens is 248 g/mol. The van der Waals surface area contributed by atoms with Crippen molar-refractivity contribution in [3.63, 3.8) is 0 Å². The maximum atomic E-state index is 11.7. The van der Waals surface area contributed by atoms with Gasteiger partial charge in [0.25, 0.3) is 0 Å². The number of likely N-dealkylation sites (N-methyl/N-ethyl adjacent to an activating group) is 1. The standard InChI is InChI=1S/C13H28N2O4/c1-5-15(3)13(16)12(2)14-6-7-18-10-11-19-9-8-17-4/h12,14H,5-11H2,1-4H3. The molecule has 0 saturated heterocycles. The molecule has 0 spiro atoms. The summed E-state index contributed by atoms with van der Waals surface area (Å²) in [6.45, 7) is 8.08. The van der Waals surface area contributed by atoms with E-state index in [9.17, 15) is 4.79 Å². The van der Waals surface area contributed by atoms with Crippen molar-refractivity contribution in [1.82, 2.24) is 10.2 Å². The lowest BCUT2D eigenvalue weighted by Crippen LogP contribution is -2.44. The summed E-state index contributed by atoms with van der Waals surface area (Å²) in [5, 5.41) is 3.13. The molecule has 114 valence electrons. The van der Waals surface area contributed by atoms with Gasteiger partial charge in [-0.2, -0.15) is 0 Å². The van der Waals surface area contributed by atoms with E-state index in [1.807, 2.05) is 13.8 Å². The molecule has 0 aliphatic heterocycles. The van der Waals surface area contributed by atoms with Crippen molar-refractivity contribution in [3.05, 3.63) is 0 Å². The van der Waals surface area contributed by atoms with Crippen LogP contribution in [0.25, 0.3) is 0 Å². The molecule has 0 rings (SSSR count). The van der Waals surface area contributed by atoms with E-state index in [0.29, 0.717) is 39.6 Å². The number of hydrogen-bond acceptors (Lipinski definition) is 5. The van der Waals surface area contributed by atoms with Gasteiger partial charge in [-0.05, 0) is 13.8 Å². The fourth-order valence-electron chi connectivity index (χ4n) is 1.39. The smallest absolute Gasteiger partial charge is 0.239 e. The number of carbonyl (C=O) groups excluding carboxylic acids is 1. The molecule has 6 nitrogen and oxygen atoms in total. The van der Waals surface area contributed by atoms with E-state index >= 15 is 0 Å². The fraction of sp³-hybridized carbons (Fsp3) is 0.923. The predicted octanol–water partition coefficient (Wildman–Crippen LogP) is 0.122. The average Bonchev–Trinajstić information content (AvgIpc) is 2.43. The van der Waals surface area contributed by atoms with E-state index < -0.39 is 0 Å². The summed E-state index contributed by atoms with van der Waals surface area (Å²) >= 11 is 0. The molecule has 1 N–H and O–H groups in total. The molecule has 0 aromatic heterocycles. The molecule has 0 aliphatic carbocycles. The first-order valence-electron chi connectivity index (χ1n) is 6.76. The van der Waals surface area contributed by atoms with Gasteiger partial charge in [-0.1, -0.05) is 0 Å². The van der Waals surface area contributed by atoms with Crippen LogP contribution in [0.5, 0.6) is 0 Å². The largest absolute Gasteiger partial charge is 0.382 e. The first kappa shape index (κ1) is 18.3. The van der Waals surface area contributed by atoms with Crippen molar-refractivity contribution in [2.45, 2.75) is 19.9 Å². The minimum Gasteiger partial charge on any atom is -0.382 e. The van der Waals surface area contributed by atoms with Crippen LogP contribution in [0, 0.1) is 0 Å². The van der Waals surface area contributed by atoms with Crippen LogP contribution in [-0.2, 0) is 19.0 Å². The Morgan fingerprint density at radius 3 is 2.32 bits per heavy atom. The molecule has 0 saturated carbocycles. The third kappa shape index (κ3) is 9.84. The summed E-state index contributed by atoms with van der Waals surface area (Å²) < 4.78 is 15.5. The summed E-state index contributed by atoms with van der Waals surface area (Å²) in [5.41, 5.74) is 0. The van der Waals surface area contributed by atoms with Crippen molar-refractivity contribution in [2.24, 2.45) is 0 Å². The lowest BCUT2D eigenvalue weighted by molar-refractivity contribution is -0.131. The summed E-state index contributed by atoms with van der Waals surface area (Å²) in [6, 6.07) is -0.175. The zero-order valence-electron chi connectivity index (χ0n) is 12.6. The Bertz CT molecular complexity index is 227.